The maximum Gasteiger partial charge on any atom is 0.278 e. The van der Waals surface area contributed by atoms with E-state index in [9.17, 15) is 4.79 Å². The van der Waals surface area contributed by atoms with E-state index in [4.69, 9.17) is 11.6 Å². The van der Waals surface area contributed by atoms with Crippen molar-refractivity contribution in [2.75, 3.05) is 0 Å². The Morgan fingerprint density at radius 1 is 1.17 bits per heavy atom. The van der Waals surface area contributed by atoms with E-state index in [2.05, 4.69) is 17.6 Å². The van der Waals surface area contributed by atoms with Crippen LogP contribution in [0.1, 0.15) is 39.3 Å². The Morgan fingerprint density at radius 2 is 1.72 bits per heavy atom. The smallest absolute Gasteiger partial charge is 0.278 e. The quantitative estimate of drug-likeness (QED) is 0.842. The Labute approximate surface area is 114 Å². The fraction of sp³-hybridized carbons (Fsp3) is 0.500. The van der Waals surface area contributed by atoms with Gasteiger partial charge in [-0.15, -0.1) is 0 Å². The van der Waals surface area contributed by atoms with Crippen LogP contribution < -0.4 is 10.6 Å². The number of halogens is 1. The van der Waals surface area contributed by atoms with Crippen molar-refractivity contribution in [2.45, 2.75) is 45.8 Å². The molecule has 0 saturated heterocycles. The van der Waals surface area contributed by atoms with Gasteiger partial charge in [-0.25, -0.2) is 0 Å². The van der Waals surface area contributed by atoms with Gasteiger partial charge in [0.15, 0.2) is 6.04 Å². The van der Waals surface area contributed by atoms with Gasteiger partial charge in [0, 0.05) is 16.6 Å². The highest BCUT2D eigenvalue weighted by Gasteiger charge is 2.20. The molecular weight excluding hydrogens is 248 g/mol. The van der Waals surface area contributed by atoms with Crippen molar-refractivity contribution in [3.63, 3.8) is 0 Å². The highest BCUT2D eigenvalue weighted by Crippen LogP contribution is 2.13. The molecule has 0 aliphatic heterocycles. The zero-order valence-electron chi connectivity index (χ0n) is 11.4. The summed E-state index contributed by atoms with van der Waals surface area (Å²) >= 11 is 5.86. The molecule has 0 aliphatic carbocycles. The number of quaternary nitrogens is 1. The summed E-state index contributed by atoms with van der Waals surface area (Å²) in [7, 11) is 0. The van der Waals surface area contributed by atoms with Crippen molar-refractivity contribution in [3.05, 3.63) is 34.9 Å². The second kappa shape index (κ2) is 6.76. The van der Waals surface area contributed by atoms with Crippen LogP contribution in [0.5, 0.6) is 0 Å². The van der Waals surface area contributed by atoms with E-state index in [0.717, 1.165) is 5.02 Å². The fourth-order valence-electron chi connectivity index (χ4n) is 1.81. The number of carbonyl (C=O) groups excluding carboxylic acids is 1. The Hall–Kier alpha value is -1.06. The summed E-state index contributed by atoms with van der Waals surface area (Å²) in [5.74, 6) is 0.0748. The van der Waals surface area contributed by atoms with Gasteiger partial charge in [-0.3, -0.25) is 4.79 Å². The van der Waals surface area contributed by atoms with Crippen LogP contribution in [0.4, 0.5) is 0 Å². The first-order chi connectivity index (χ1) is 8.40. The molecule has 2 atom stereocenters. The lowest BCUT2D eigenvalue weighted by atomic mass is 10.1. The van der Waals surface area contributed by atoms with Crippen LogP contribution in [0.15, 0.2) is 24.3 Å². The van der Waals surface area contributed by atoms with E-state index in [-0.39, 0.29) is 24.0 Å². The van der Waals surface area contributed by atoms with Crippen LogP contribution in [0, 0.1) is 0 Å². The molecule has 3 nitrogen and oxygen atoms in total. The number of amides is 1. The van der Waals surface area contributed by atoms with Gasteiger partial charge in [0.1, 0.15) is 6.04 Å². The van der Waals surface area contributed by atoms with Crippen LogP contribution >= 0.6 is 11.6 Å². The molecule has 0 heterocycles. The lowest BCUT2D eigenvalue weighted by molar-refractivity contribution is -0.710. The third-order valence-electron chi connectivity index (χ3n) is 2.82. The molecule has 0 saturated carbocycles. The summed E-state index contributed by atoms with van der Waals surface area (Å²) in [5.41, 5.74) is 1.17. The van der Waals surface area contributed by atoms with Crippen LogP contribution in [0.2, 0.25) is 5.02 Å². The molecule has 0 aliphatic rings. The van der Waals surface area contributed by atoms with E-state index in [0.29, 0.717) is 0 Å². The molecule has 1 aromatic carbocycles. The minimum atomic E-state index is -0.0990. The van der Waals surface area contributed by atoms with Crippen molar-refractivity contribution >= 4 is 17.5 Å². The third-order valence-corrected chi connectivity index (χ3v) is 3.07. The molecule has 100 valence electrons. The van der Waals surface area contributed by atoms with Gasteiger partial charge in [-0.05, 0) is 39.8 Å². The van der Waals surface area contributed by atoms with Gasteiger partial charge >= 0.3 is 0 Å². The van der Waals surface area contributed by atoms with E-state index in [1.54, 1.807) is 0 Å². The van der Waals surface area contributed by atoms with Crippen LogP contribution in [-0.4, -0.2) is 18.0 Å². The Morgan fingerprint density at radius 3 is 2.22 bits per heavy atom. The average molecular weight is 270 g/mol. The number of rotatable bonds is 5. The van der Waals surface area contributed by atoms with Gasteiger partial charge in [-0.2, -0.15) is 0 Å². The molecule has 3 N–H and O–H groups in total. The highest BCUT2D eigenvalue weighted by molar-refractivity contribution is 6.30. The largest absolute Gasteiger partial charge is 0.349 e. The Bertz CT molecular complexity index is 389. The van der Waals surface area contributed by atoms with Crippen LogP contribution in [-0.2, 0) is 4.79 Å². The van der Waals surface area contributed by atoms with E-state index in [1.807, 2.05) is 45.0 Å². The molecule has 0 bridgehead atoms. The van der Waals surface area contributed by atoms with Crippen LogP contribution in [0.25, 0.3) is 0 Å². The summed E-state index contributed by atoms with van der Waals surface area (Å²) in [6, 6.07) is 8.06. The van der Waals surface area contributed by atoms with Gasteiger partial charge in [0.2, 0.25) is 0 Å². The van der Waals surface area contributed by atoms with Gasteiger partial charge in [0.25, 0.3) is 5.91 Å². The highest BCUT2D eigenvalue weighted by atomic mass is 35.5. The number of carbonyl (C=O) groups is 1. The van der Waals surface area contributed by atoms with Gasteiger partial charge in [0.05, 0.1) is 0 Å². The number of hydrogen-bond acceptors (Lipinski definition) is 1. The molecule has 4 heteroatoms. The molecule has 1 aromatic rings. The normalized spacial score (nSPS) is 14.3. The Kier molecular flexibility index (Phi) is 5.63. The average Bonchev–Trinajstić information content (AvgIpc) is 2.28. The molecule has 0 fully saturated rings. The lowest BCUT2D eigenvalue weighted by Gasteiger charge is -2.18. The summed E-state index contributed by atoms with van der Waals surface area (Å²) in [6.07, 6.45) is 0. The van der Waals surface area contributed by atoms with Gasteiger partial charge in [-0.1, -0.05) is 23.7 Å². The van der Waals surface area contributed by atoms with Crippen LogP contribution in [0.3, 0.4) is 0 Å². The molecule has 0 unspecified atom stereocenters. The van der Waals surface area contributed by atoms with Crippen molar-refractivity contribution in [3.8, 4) is 0 Å². The lowest BCUT2D eigenvalue weighted by Crippen LogP contribution is -2.92. The summed E-state index contributed by atoms with van der Waals surface area (Å²) in [6.45, 7) is 7.94. The second-order valence-electron chi connectivity index (χ2n) is 4.98. The predicted molar refractivity (Wildman–Crippen MR) is 74.5 cm³/mol. The molecular formula is C14H22ClN2O+. The molecule has 1 amide bonds. The number of hydrogen-bond donors (Lipinski definition) is 2. The molecule has 0 aromatic heterocycles. The Balaban J connectivity index is 2.56. The van der Waals surface area contributed by atoms with E-state index < -0.39 is 0 Å². The van der Waals surface area contributed by atoms with Crippen molar-refractivity contribution in [1.82, 2.24) is 5.32 Å². The molecule has 18 heavy (non-hydrogen) atoms. The molecule has 0 radical (unpaired) electrons. The summed E-state index contributed by atoms with van der Waals surface area (Å²) in [5, 5.41) is 5.71. The zero-order chi connectivity index (χ0) is 13.7. The standard InChI is InChI=1S/C14H21ClN2O/c1-9(2)16-14(18)11(4)17-10(3)12-5-7-13(15)8-6-12/h5-11,17H,1-4H3,(H,16,18)/p+1/t10-,11-/m0/s1. The maximum absolute atomic E-state index is 11.8. The van der Waals surface area contributed by atoms with Crippen molar-refractivity contribution in [2.24, 2.45) is 0 Å². The number of nitrogens with one attached hydrogen (secondary N) is 1. The van der Waals surface area contributed by atoms with E-state index >= 15 is 0 Å². The summed E-state index contributed by atoms with van der Waals surface area (Å²) < 4.78 is 0. The monoisotopic (exact) mass is 269 g/mol. The van der Waals surface area contributed by atoms with Gasteiger partial charge < -0.3 is 10.6 Å². The molecule has 0 spiro atoms. The van der Waals surface area contributed by atoms with Crippen molar-refractivity contribution in [1.29, 1.82) is 0 Å². The van der Waals surface area contributed by atoms with E-state index in [1.165, 1.54) is 5.56 Å². The SMILES string of the molecule is CC(C)NC(=O)[C@H](C)[NH2+][C@@H](C)c1ccc(Cl)cc1. The topological polar surface area (TPSA) is 45.7 Å². The minimum absolute atomic E-state index is 0.0748. The fourth-order valence-corrected chi connectivity index (χ4v) is 1.94. The minimum Gasteiger partial charge on any atom is -0.349 e. The summed E-state index contributed by atoms with van der Waals surface area (Å²) in [4.78, 5) is 11.8. The second-order valence-corrected chi connectivity index (χ2v) is 5.42. The molecule has 1 rings (SSSR count). The first kappa shape index (κ1) is 15.0. The first-order valence-electron chi connectivity index (χ1n) is 6.31. The predicted octanol–water partition coefficient (Wildman–Crippen LogP) is 1.88. The zero-order valence-corrected chi connectivity index (χ0v) is 12.2. The third kappa shape index (κ3) is 4.67. The first-order valence-corrected chi connectivity index (χ1v) is 6.68. The number of nitrogens with two attached hydrogens (primary N) is 1. The number of benzene rings is 1. The maximum atomic E-state index is 11.8. The van der Waals surface area contributed by atoms with Crippen molar-refractivity contribution < 1.29 is 10.1 Å².